The molecule has 2 aliphatic carbocycles. The Kier molecular flexibility index (Phi) is 4.36. The lowest BCUT2D eigenvalue weighted by Crippen LogP contribution is -2.36. The van der Waals surface area contributed by atoms with E-state index < -0.39 is 24.3 Å². The van der Waals surface area contributed by atoms with E-state index in [9.17, 15) is 18.0 Å². The minimum atomic E-state index is -2.66. The molecule has 1 heterocycles. The molecule has 27 heavy (non-hydrogen) atoms. The Morgan fingerprint density at radius 2 is 1.93 bits per heavy atom. The second-order valence-electron chi connectivity index (χ2n) is 7.29. The number of para-hydroxylation sites is 1. The smallest absolute Gasteiger partial charge is 0.413 e. The van der Waals surface area contributed by atoms with Gasteiger partial charge < -0.3 is 4.74 Å². The number of carbonyl (C=O) groups is 1. The van der Waals surface area contributed by atoms with Crippen molar-refractivity contribution in [3.05, 3.63) is 41.6 Å². The highest BCUT2D eigenvalue weighted by Gasteiger charge is 2.48. The molecule has 1 N–H and O–H groups in total. The van der Waals surface area contributed by atoms with Crippen molar-refractivity contribution >= 4 is 11.9 Å². The van der Waals surface area contributed by atoms with E-state index >= 15 is 0 Å². The summed E-state index contributed by atoms with van der Waals surface area (Å²) in [5.74, 6) is -2.62. The van der Waals surface area contributed by atoms with Gasteiger partial charge >= 0.3 is 6.09 Å². The highest BCUT2D eigenvalue weighted by molar-refractivity contribution is 5.85. The van der Waals surface area contributed by atoms with Crippen LogP contribution in [0.3, 0.4) is 0 Å². The van der Waals surface area contributed by atoms with Gasteiger partial charge in [-0.05, 0) is 19.1 Å². The van der Waals surface area contributed by atoms with E-state index in [1.807, 2.05) is 30.3 Å². The second-order valence-corrected chi connectivity index (χ2v) is 7.29. The average molecular weight is 379 g/mol. The van der Waals surface area contributed by atoms with E-state index in [0.717, 1.165) is 0 Å². The number of benzene rings is 1. The first-order chi connectivity index (χ1) is 12.8. The number of anilines is 1. The first-order valence-electron chi connectivity index (χ1n) is 8.97. The summed E-state index contributed by atoms with van der Waals surface area (Å²) in [5.41, 5.74) is 1.88. The highest BCUT2D eigenvalue weighted by atomic mass is 19.3. The molecule has 2 fully saturated rings. The fourth-order valence-electron chi connectivity index (χ4n) is 3.53. The molecular weight excluding hydrogens is 359 g/mol. The minimum absolute atomic E-state index is 0.201. The zero-order valence-electron chi connectivity index (χ0n) is 14.8. The van der Waals surface area contributed by atoms with Crippen molar-refractivity contribution in [3.63, 3.8) is 0 Å². The maximum atomic E-state index is 13.3. The van der Waals surface area contributed by atoms with Gasteiger partial charge in [0, 0.05) is 37.2 Å². The van der Waals surface area contributed by atoms with Crippen LogP contribution in [-0.4, -0.2) is 34.1 Å². The van der Waals surface area contributed by atoms with Gasteiger partial charge in [0.15, 0.2) is 0 Å². The largest absolute Gasteiger partial charge is 0.446 e. The maximum absolute atomic E-state index is 13.3. The monoisotopic (exact) mass is 379 g/mol. The summed E-state index contributed by atoms with van der Waals surface area (Å²) in [6, 6.07) is 9.10. The Balaban J connectivity index is 1.60. The molecule has 0 unspecified atom stereocenters. The number of carbonyl (C=O) groups excluding carboxylic acids is 1. The van der Waals surface area contributed by atoms with Crippen LogP contribution in [-0.2, 0) is 4.74 Å². The number of rotatable bonds is 4. The number of amides is 1. The van der Waals surface area contributed by atoms with Crippen LogP contribution >= 0.6 is 0 Å². The molecule has 2 saturated carbocycles. The van der Waals surface area contributed by atoms with E-state index in [4.69, 9.17) is 4.74 Å². The zero-order valence-corrected chi connectivity index (χ0v) is 14.8. The van der Waals surface area contributed by atoms with Gasteiger partial charge in [0.05, 0.1) is 11.4 Å². The molecule has 0 aliphatic heterocycles. The van der Waals surface area contributed by atoms with Crippen molar-refractivity contribution in [2.75, 3.05) is 5.32 Å². The molecule has 5 nitrogen and oxygen atoms in total. The number of aromatic nitrogens is 2. The van der Waals surface area contributed by atoms with Crippen molar-refractivity contribution in [2.45, 2.75) is 56.7 Å². The molecule has 0 radical (unpaired) electrons. The number of hydrogen-bond donors (Lipinski definition) is 1. The third-order valence-electron chi connectivity index (χ3n) is 5.17. The van der Waals surface area contributed by atoms with Gasteiger partial charge in [-0.3, -0.25) is 5.32 Å². The molecule has 0 atom stereocenters. The molecule has 2 aromatic rings. The standard InChI is InChI=1S/C19H20F3N3O2/c1-11-16(12-9-19(21,22)10-12)24-25(14-5-3-2-4-6-14)17(11)23-18(26)27-15-7-13(20)8-15/h2-6,12-13,15H,7-10H2,1H3,(H,23,26)/t13-,15+. The number of alkyl halides is 3. The van der Waals surface area contributed by atoms with Crippen LogP contribution in [0.1, 0.15) is 42.9 Å². The van der Waals surface area contributed by atoms with Gasteiger partial charge in [0.1, 0.15) is 18.1 Å². The SMILES string of the molecule is Cc1c(C2CC(F)(F)C2)nn(-c2ccccc2)c1NC(=O)O[C@H]1C[C@@H](F)C1. The number of ether oxygens (including phenoxy) is 1. The maximum Gasteiger partial charge on any atom is 0.413 e. The average Bonchev–Trinajstić information content (AvgIpc) is 2.89. The third kappa shape index (κ3) is 3.52. The quantitative estimate of drug-likeness (QED) is 0.835. The molecule has 0 saturated heterocycles. The fraction of sp³-hybridized carbons (Fsp3) is 0.474. The number of nitrogens with one attached hydrogen (secondary N) is 1. The van der Waals surface area contributed by atoms with E-state index in [0.29, 0.717) is 22.8 Å². The molecular formula is C19H20F3N3O2. The summed E-state index contributed by atoms with van der Waals surface area (Å²) in [6.45, 7) is 1.74. The van der Waals surface area contributed by atoms with E-state index in [-0.39, 0.29) is 31.6 Å². The zero-order chi connectivity index (χ0) is 19.2. The predicted molar refractivity (Wildman–Crippen MR) is 93.2 cm³/mol. The fourth-order valence-corrected chi connectivity index (χ4v) is 3.53. The third-order valence-corrected chi connectivity index (χ3v) is 5.17. The summed E-state index contributed by atoms with van der Waals surface area (Å²) >= 11 is 0. The van der Waals surface area contributed by atoms with Crippen molar-refractivity contribution in [1.29, 1.82) is 0 Å². The van der Waals surface area contributed by atoms with Gasteiger partial charge in [0.25, 0.3) is 0 Å². The van der Waals surface area contributed by atoms with Crippen LogP contribution in [0.15, 0.2) is 30.3 Å². The molecule has 4 rings (SSSR count). The normalized spacial score (nSPS) is 24.0. The summed E-state index contributed by atoms with van der Waals surface area (Å²) in [7, 11) is 0. The van der Waals surface area contributed by atoms with Crippen molar-refractivity contribution < 1.29 is 22.7 Å². The Hall–Kier alpha value is -2.51. The van der Waals surface area contributed by atoms with Crippen molar-refractivity contribution in [2.24, 2.45) is 0 Å². The lowest BCUT2D eigenvalue weighted by Gasteiger charge is -2.34. The number of hydrogen-bond acceptors (Lipinski definition) is 3. The van der Waals surface area contributed by atoms with Crippen molar-refractivity contribution in [3.8, 4) is 5.69 Å². The Bertz CT molecular complexity index is 839. The minimum Gasteiger partial charge on any atom is -0.446 e. The lowest BCUT2D eigenvalue weighted by molar-refractivity contribution is -0.0877. The first kappa shape index (κ1) is 17.9. The topological polar surface area (TPSA) is 56.2 Å². The number of nitrogens with zero attached hydrogens (tertiary/aromatic N) is 2. The summed E-state index contributed by atoms with van der Waals surface area (Å²) < 4.78 is 46.3. The van der Waals surface area contributed by atoms with Crippen molar-refractivity contribution in [1.82, 2.24) is 9.78 Å². The van der Waals surface area contributed by atoms with Gasteiger partial charge in [-0.15, -0.1) is 0 Å². The molecule has 0 bridgehead atoms. The molecule has 2 aliphatic rings. The van der Waals surface area contributed by atoms with Crippen LogP contribution in [0.4, 0.5) is 23.8 Å². The number of halogens is 3. The molecule has 1 aromatic heterocycles. The summed E-state index contributed by atoms with van der Waals surface area (Å²) in [4.78, 5) is 12.2. The molecule has 0 spiro atoms. The van der Waals surface area contributed by atoms with Crippen LogP contribution in [0.2, 0.25) is 0 Å². The molecule has 1 aromatic carbocycles. The van der Waals surface area contributed by atoms with Crippen LogP contribution in [0.25, 0.3) is 5.69 Å². The van der Waals surface area contributed by atoms with Gasteiger partial charge in [-0.25, -0.2) is 22.6 Å². The summed E-state index contributed by atoms with van der Waals surface area (Å²) in [6.07, 6.45) is -2.14. The lowest BCUT2D eigenvalue weighted by atomic mass is 9.78. The van der Waals surface area contributed by atoms with Crippen LogP contribution in [0.5, 0.6) is 0 Å². The van der Waals surface area contributed by atoms with Gasteiger partial charge in [-0.1, -0.05) is 18.2 Å². The van der Waals surface area contributed by atoms with E-state index in [1.165, 1.54) is 4.68 Å². The van der Waals surface area contributed by atoms with Crippen LogP contribution < -0.4 is 5.32 Å². The van der Waals surface area contributed by atoms with E-state index in [2.05, 4.69) is 10.4 Å². The predicted octanol–water partition coefficient (Wildman–Crippen LogP) is 4.74. The first-order valence-corrected chi connectivity index (χ1v) is 8.97. The molecule has 8 heteroatoms. The molecule has 1 amide bonds. The summed E-state index contributed by atoms with van der Waals surface area (Å²) in [5, 5.41) is 7.16. The van der Waals surface area contributed by atoms with Gasteiger partial charge in [-0.2, -0.15) is 5.10 Å². The Morgan fingerprint density at radius 3 is 2.52 bits per heavy atom. The van der Waals surface area contributed by atoms with E-state index in [1.54, 1.807) is 6.92 Å². The van der Waals surface area contributed by atoms with Crippen LogP contribution in [0, 0.1) is 6.92 Å². The highest BCUT2D eigenvalue weighted by Crippen LogP contribution is 2.49. The second kappa shape index (κ2) is 6.58. The Morgan fingerprint density at radius 1 is 1.26 bits per heavy atom. The molecule has 144 valence electrons. The van der Waals surface area contributed by atoms with Gasteiger partial charge in [0.2, 0.25) is 5.92 Å². The Labute approximate surface area is 154 Å².